The van der Waals surface area contributed by atoms with Crippen molar-refractivity contribution in [3.63, 3.8) is 0 Å². The van der Waals surface area contributed by atoms with E-state index in [1.165, 1.54) is 6.33 Å². The maximum absolute atomic E-state index is 11.7. The molecule has 1 saturated heterocycles. The molecule has 0 radical (unpaired) electrons. The lowest BCUT2D eigenvalue weighted by molar-refractivity contribution is 0.174. The molecule has 3 heterocycles. The number of fused-ring (bicyclic) bond motifs is 1. The lowest BCUT2D eigenvalue weighted by Crippen LogP contribution is -2.33. The second-order valence-corrected chi connectivity index (χ2v) is 8.35. The number of hydrogen-bond donors (Lipinski definition) is 1. The zero-order chi connectivity index (χ0) is 17.4. The summed E-state index contributed by atoms with van der Waals surface area (Å²) >= 11 is 0. The van der Waals surface area contributed by atoms with Crippen LogP contribution >= 0.6 is 0 Å². The highest BCUT2D eigenvalue weighted by atomic mass is 32.2. The lowest BCUT2D eigenvalue weighted by atomic mass is 10.2. The molecule has 2 aliphatic rings. The van der Waals surface area contributed by atoms with Crippen LogP contribution in [0, 0.1) is 0 Å². The zero-order valence-electron chi connectivity index (χ0n) is 13.7. The number of hydrogen-bond acceptors (Lipinski definition) is 8. The monoisotopic (exact) mass is 362 g/mol. The van der Waals surface area contributed by atoms with Crippen molar-refractivity contribution < 1.29 is 17.9 Å². The molecule has 1 aromatic carbocycles. The third kappa shape index (κ3) is 3.32. The quantitative estimate of drug-likeness (QED) is 0.876. The van der Waals surface area contributed by atoms with Gasteiger partial charge in [0, 0.05) is 30.9 Å². The summed E-state index contributed by atoms with van der Waals surface area (Å²) in [5, 5.41) is 3.20. The van der Waals surface area contributed by atoms with E-state index in [1.807, 2.05) is 30.1 Å². The minimum atomic E-state index is -2.94. The summed E-state index contributed by atoms with van der Waals surface area (Å²) in [4.78, 5) is 10.4. The predicted octanol–water partition coefficient (Wildman–Crippen LogP) is 1.57. The van der Waals surface area contributed by atoms with Crippen molar-refractivity contribution in [3.8, 4) is 11.5 Å². The van der Waals surface area contributed by atoms with Gasteiger partial charge in [-0.25, -0.2) is 18.4 Å². The highest BCUT2D eigenvalue weighted by Gasteiger charge is 2.31. The van der Waals surface area contributed by atoms with Gasteiger partial charge in [-0.1, -0.05) is 0 Å². The van der Waals surface area contributed by atoms with E-state index in [2.05, 4.69) is 15.3 Å². The van der Waals surface area contributed by atoms with Gasteiger partial charge >= 0.3 is 0 Å². The Labute approximate surface area is 145 Å². The number of rotatable bonds is 4. The van der Waals surface area contributed by atoms with Gasteiger partial charge in [0.2, 0.25) is 6.79 Å². The average Bonchev–Trinajstić information content (AvgIpc) is 3.20. The largest absolute Gasteiger partial charge is 0.454 e. The molecule has 4 rings (SSSR count). The molecule has 1 fully saturated rings. The van der Waals surface area contributed by atoms with Crippen molar-refractivity contribution in [1.29, 1.82) is 0 Å². The lowest BCUT2D eigenvalue weighted by Gasteiger charge is -2.24. The summed E-state index contributed by atoms with van der Waals surface area (Å²) in [5.74, 6) is 3.11. The van der Waals surface area contributed by atoms with Crippen LogP contribution in [0.3, 0.4) is 0 Å². The van der Waals surface area contributed by atoms with E-state index in [0.717, 1.165) is 11.4 Å². The third-order valence-electron chi connectivity index (χ3n) is 4.42. The topological polar surface area (TPSA) is 93.7 Å². The summed E-state index contributed by atoms with van der Waals surface area (Å²) in [5.41, 5.74) is 0.819. The van der Waals surface area contributed by atoms with Crippen molar-refractivity contribution >= 4 is 27.2 Å². The first-order valence-electron chi connectivity index (χ1n) is 7.92. The number of nitrogens with zero attached hydrogens (tertiary/aromatic N) is 3. The highest BCUT2D eigenvalue weighted by Crippen LogP contribution is 2.35. The number of sulfone groups is 1. The van der Waals surface area contributed by atoms with Gasteiger partial charge in [0.25, 0.3) is 0 Å². The van der Waals surface area contributed by atoms with E-state index in [0.29, 0.717) is 23.8 Å². The molecule has 0 saturated carbocycles. The molecular formula is C16H18N4O4S. The summed E-state index contributed by atoms with van der Waals surface area (Å²) in [6.45, 7) is 0.228. The van der Waals surface area contributed by atoms with Gasteiger partial charge in [-0.3, -0.25) is 0 Å². The molecule has 0 aliphatic carbocycles. The molecule has 25 heavy (non-hydrogen) atoms. The Balaban J connectivity index is 1.51. The first kappa shape index (κ1) is 15.9. The molecule has 1 N–H and O–H groups in total. The second kappa shape index (κ2) is 6.07. The van der Waals surface area contributed by atoms with Crippen LogP contribution in [0.4, 0.5) is 17.3 Å². The van der Waals surface area contributed by atoms with Crippen molar-refractivity contribution in [2.75, 3.05) is 35.6 Å². The summed E-state index contributed by atoms with van der Waals surface area (Å²) < 4.78 is 34.0. The molecule has 1 atom stereocenters. The number of nitrogens with one attached hydrogen (secondary N) is 1. The van der Waals surface area contributed by atoms with Gasteiger partial charge in [0.05, 0.1) is 11.5 Å². The summed E-state index contributed by atoms with van der Waals surface area (Å²) in [6.07, 6.45) is 2.08. The summed E-state index contributed by atoms with van der Waals surface area (Å²) in [6, 6.07) is 7.30. The average molecular weight is 362 g/mol. The molecule has 0 bridgehead atoms. The molecule has 132 valence electrons. The highest BCUT2D eigenvalue weighted by molar-refractivity contribution is 7.91. The first-order chi connectivity index (χ1) is 12.0. The molecule has 9 heteroatoms. The normalized spacial score (nSPS) is 20.4. The van der Waals surface area contributed by atoms with Gasteiger partial charge in [-0.05, 0) is 18.6 Å². The number of benzene rings is 1. The zero-order valence-corrected chi connectivity index (χ0v) is 14.5. The van der Waals surface area contributed by atoms with Crippen LogP contribution in [0.2, 0.25) is 0 Å². The minimum absolute atomic E-state index is 0.0571. The maximum atomic E-state index is 11.7. The molecular weight excluding hydrogens is 344 g/mol. The molecule has 2 aromatic rings. The Hall–Kier alpha value is -2.55. The molecule has 0 amide bonds. The van der Waals surface area contributed by atoms with Crippen LogP contribution in [0.15, 0.2) is 30.6 Å². The van der Waals surface area contributed by atoms with Crippen LogP contribution in [0.25, 0.3) is 0 Å². The SMILES string of the molecule is CN(c1cc(Nc2ccc3c(c2)OCO3)ncn1)C1CCS(=O)(=O)C1. The van der Waals surface area contributed by atoms with Crippen LogP contribution in [0.1, 0.15) is 6.42 Å². The Morgan fingerprint density at radius 2 is 2.04 bits per heavy atom. The van der Waals surface area contributed by atoms with Gasteiger partial charge in [-0.15, -0.1) is 0 Å². The van der Waals surface area contributed by atoms with Crippen molar-refractivity contribution in [2.45, 2.75) is 12.5 Å². The van der Waals surface area contributed by atoms with E-state index < -0.39 is 9.84 Å². The maximum Gasteiger partial charge on any atom is 0.231 e. The number of aromatic nitrogens is 2. The predicted molar refractivity (Wildman–Crippen MR) is 93.3 cm³/mol. The van der Waals surface area contributed by atoms with Gasteiger partial charge in [0.15, 0.2) is 21.3 Å². The van der Waals surface area contributed by atoms with Crippen molar-refractivity contribution in [3.05, 3.63) is 30.6 Å². The van der Waals surface area contributed by atoms with Gasteiger partial charge < -0.3 is 19.7 Å². The first-order valence-corrected chi connectivity index (χ1v) is 9.74. The van der Waals surface area contributed by atoms with Gasteiger partial charge in [0.1, 0.15) is 18.0 Å². The summed E-state index contributed by atoms with van der Waals surface area (Å²) in [7, 11) is -1.08. The third-order valence-corrected chi connectivity index (χ3v) is 6.17. The van der Waals surface area contributed by atoms with Crippen LogP contribution in [-0.4, -0.2) is 49.8 Å². The second-order valence-electron chi connectivity index (χ2n) is 6.12. The van der Waals surface area contributed by atoms with E-state index in [4.69, 9.17) is 9.47 Å². The van der Waals surface area contributed by atoms with E-state index in [-0.39, 0.29) is 24.3 Å². The fraction of sp³-hybridized carbons (Fsp3) is 0.375. The molecule has 2 aliphatic heterocycles. The molecule has 8 nitrogen and oxygen atoms in total. The molecule has 0 spiro atoms. The van der Waals surface area contributed by atoms with Crippen LogP contribution in [-0.2, 0) is 9.84 Å². The Kier molecular flexibility index (Phi) is 3.87. The Morgan fingerprint density at radius 1 is 1.20 bits per heavy atom. The van der Waals surface area contributed by atoms with E-state index in [1.54, 1.807) is 6.07 Å². The molecule has 1 aromatic heterocycles. The fourth-order valence-electron chi connectivity index (χ4n) is 3.00. The van der Waals surface area contributed by atoms with Crippen LogP contribution < -0.4 is 19.7 Å². The van der Waals surface area contributed by atoms with Crippen molar-refractivity contribution in [2.24, 2.45) is 0 Å². The number of ether oxygens (including phenoxy) is 2. The Morgan fingerprint density at radius 3 is 2.84 bits per heavy atom. The molecule has 1 unspecified atom stereocenters. The Bertz CT molecular complexity index is 903. The van der Waals surface area contributed by atoms with Crippen LogP contribution in [0.5, 0.6) is 11.5 Å². The standard InChI is InChI=1S/C16H18N4O4S/c1-20(12-4-5-25(21,22)8-12)16-7-15(17-9-18-16)19-11-2-3-13-14(6-11)24-10-23-13/h2-3,6-7,9,12H,4-5,8,10H2,1H3,(H,17,18,19). The van der Waals surface area contributed by atoms with Crippen molar-refractivity contribution in [1.82, 2.24) is 9.97 Å². The number of anilines is 3. The van der Waals surface area contributed by atoms with E-state index in [9.17, 15) is 8.42 Å². The fourth-order valence-corrected chi connectivity index (χ4v) is 4.77. The smallest absolute Gasteiger partial charge is 0.231 e. The van der Waals surface area contributed by atoms with E-state index >= 15 is 0 Å². The minimum Gasteiger partial charge on any atom is -0.454 e. The van der Waals surface area contributed by atoms with Gasteiger partial charge in [-0.2, -0.15) is 0 Å².